The topological polar surface area (TPSA) is 128 Å². The van der Waals surface area contributed by atoms with Gasteiger partial charge in [-0.25, -0.2) is 4.98 Å². The van der Waals surface area contributed by atoms with Gasteiger partial charge in [-0.3, -0.25) is 30.3 Å². The molecule has 0 saturated heterocycles. The summed E-state index contributed by atoms with van der Waals surface area (Å²) < 4.78 is 0.566. The molecule has 0 aliphatic rings. The lowest BCUT2D eigenvalue weighted by molar-refractivity contribution is -0.384. The zero-order chi connectivity index (χ0) is 19.6. The Hall–Kier alpha value is -3.37. The minimum atomic E-state index is -0.611. The number of benzene rings is 2. The van der Waals surface area contributed by atoms with Gasteiger partial charge in [0.15, 0.2) is 5.13 Å². The first kappa shape index (κ1) is 18.4. The van der Waals surface area contributed by atoms with E-state index in [4.69, 9.17) is 11.6 Å². The normalized spacial score (nSPS) is 11.0. The number of thiazole rings is 1. The number of fused-ring (bicyclic) bond motifs is 1. The first-order valence-corrected chi connectivity index (χ1v) is 8.51. The van der Waals surface area contributed by atoms with Crippen LogP contribution in [0.15, 0.2) is 42.5 Å². The van der Waals surface area contributed by atoms with Gasteiger partial charge >= 0.3 is 0 Å². The number of halogens is 1. The maximum atomic E-state index is 12.0. The molecule has 9 nitrogen and oxygen atoms in total. The first-order chi connectivity index (χ1) is 12.8. The van der Waals surface area contributed by atoms with Gasteiger partial charge in [0.25, 0.3) is 11.4 Å². The van der Waals surface area contributed by atoms with Gasteiger partial charge in [-0.2, -0.15) is 0 Å². The molecular formula is C16H9ClN4O5S. The highest BCUT2D eigenvalue weighted by Crippen LogP contribution is 2.29. The van der Waals surface area contributed by atoms with E-state index in [1.807, 2.05) is 0 Å². The number of aromatic nitrogens is 1. The van der Waals surface area contributed by atoms with Crippen LogP contribution >= 0.6 is 22.9 Å². The molecule has 11 heteroatoms. The SMILES string of the molecule is O=C(/C=C/c1ccc(Cl)c([N+](=O)[O-])c1)Nc1nc2ccc([N+](=O)[O-])cc2s1. The summed E-state index contributed by atoms with van der Waals surface area (Å²) in [6.45, 7) is 0. The van der Waals surface area contributed by atoms with Crippen molar-refractivity contribution < 1.29 is 14.6 Å². The third-order valence-electron chi connectivity index (χ3n) is 3.41. The van der Waals surface area contributed by atoms with Crippen molar-refractivity contribution in [1.29, 1.82) is 0 Å². The van der Waals surface area contributed by atoms with Crippen molar-refractivity contribution in [2.24, 2.45) is 0 Å². The summed E-state index contributed by atoms with van der Waals surface area (Å²) in [7, 11) is 0. The van der Waals surface area contributed by atoms with Crippen LogP contribution in [0.3, 0.4) is 0 Å². The van der Waals surface area contributed by atoms with Gasteiger partial charge < -0.3 is 0 Å². The molecule has 0 saturated carbocycles. The fraction of sp³-hybridized carbons (Fsp3) is 0. The number of hydrogen-bond acceptors (Lipinski definition) is 7. The first-order valence-electron chi connectivity index (χ1n) is 7.31. The monoisotopic (exact) mass is 404 g/mol. The average molecular weight is 405 g/mol. The summed E-state index contributed by atoms with van der Waals surface area (Å²) in [6, 6.07) is 8.38. The van der Waals surface area contributed by atoms with Crippen LogP contribution in [0, 0.1) is 20.2 Å². The molecule has 0 aliphatic carbocycles. The number of nitro groups is 2. The number of nitro benzene ring substituents is 2. The highest BCUT2D eigenvalue weighted by Gasteiger charge is 2.13. The fourth-order valence-corrected chi connectivity index (χ4v) is 3.26. The molecule has 0 spiro atoms. The molecule has 136 valence electrons. The summed E-state index contributed by atoms with van der Waals surface area (Å²) in [5.41, 5.74) is 0.639. The lowest BCUT2D eigenvalue weighted by Crippen LogP contribution is -2.07. The number of nitrogens with zero attached hydrogens (tertiary/aromatic N) is 3. The Morgan fingerprint density at radius 1 is 1.15 bits per heavy atom. The maximum Gasteiger partial charge on any atom is 0.288 e. The number of non-ortho nitro benzene ring substituents is 1. The molecule has 0 atom stereocenters. The van der Waals surface area contributed by atoms with E-state index in [1.54, 1.807) is 0 Å². The lowest BCUT2D eigenvalue weighted by atomic mass is 10.2. The van der Waals surface area contributed by atoms with Gasteiger partial charge in [0, 0.05) is 24.3 Å². The van der Waals surface area contributed by atoms with Crippen LogP contribution in [0.5, 0.6) is 0 Å². The molecule has 1 heterocycles. The van der Waals surface area contributed by atoms with Crippen LogP contribution in [0.25, 0.3) is 16.3 Å². The van der Waals surface area contributed by atoms with Crippen molar-refractivity contribution >= 4 is 61.6 Å². The van der Waals surface area contributed by atoms with Crippen LogP contribution in [-0.4, -0.2) is 20.7 Å². The number of hydrogen-bond donors (Lipinski definition) is 1. The number of rotatable bonds is 5. The van der Waals surface area contributed by atoms with Gasteiger partial charge in [-0.15, -0.1) is 0 Å². The Bertz CT molecular complexity index is 1110. The molecule has 0 radical (unpaired) electrons. The predicted molar refractivity (Wildman–Crippen MR) is 102 cm³/mol. The second kappa shape index (κ2) is 7.48. The third kappa shape index (κ3) is 4.25. The minimum Gasteiger partial charge on any atom is -0.298 e. The fourth-order valence-electron chi connectivity index (χ4n) is 2.17. The quantitative estimate of drug-likeness (QED) is 0.380. The van der Waals surface area contributed by atoms with Crippen molar-refractivity contribution in [2.45, 2.75) is 0 Å². The molecule has 0 unspecified atom stereocenters. The summed E-state index contributed by atoms with van der Waals surface area (Å²) in [4.78, 5) is 36.8. The largest absolute Gasteiger partial charge is 0.298 e. The molecular weight excluding hydrogens is 396 g/mol. The standard InChI is InChI=1S/C16H9ClN4O5S/c17-11-4-1-9(7-13(11)21(25)26)2-6-15(22)19-16-18-12-5-3-10(20(23)24)8-14(12)27-16/h1-8H,(H,18,19,22)/b6-2+. The minimum absolute atomic E-state index is 0.00479. The highest BCUT2D eigenvalue weighted by molar-refractivity contribution is 7.22. The van der Waals surface area contributed by atoms with Crippen LogP contribution < -0.4 is 5.32 Å². The number of amides is 1. The summed E-state index contributed by atoms with van der Waals surface area (Å²) in [5.74, 6) is -0.499. The van der Waals surface area contributed by atoms with E-state index in [2.05, 4.69) is 10.3 Å². The number of anilines is 1. The van der Waals surface area contributed by atoms with E-state index in [0.717, 1.165) is 11.3 Å². The summed E-state index contributed by atoms with van der Waals surface area (Å²) in [5, 5.41) is 24.5. The van der Waals surface area contributed by atoms with Gasteiger partial charge in [0.1, 0.15) is 5.02 Å². The Balaban J connectivity index is 1.75. The molecule has 1 amide bonds. The van der Waals surface area contributed by atoms with Crippen molar-refractivity contribution in [3.8, 4) is 0 Å². The van der Waals surface area contributed by atoms with Gasteiger partial charge in [0.05, 0.1) is 20.1 Å². The molecule has 0 bridgehead atoms. The van der Waals surface area contributed by atoms with Gasteiger partial charge in [-0.1, -0.05) is 29.0 Å². The zero-order valence-corrected chi connectivity index (χ0v) is 14.9. The molecule has 3 aromatic rings. The second-order valence-corrected chi connectivity index (χ2v) is 6.66. The van der Waals surface area contributed by atoms with Crippen molar-refractivity contribution in [1.82, 2.24) is 4.98 Å². The van der Waals surface area contributed by atoms with Crippen LogP contribution in [0.4, 0.5) is 16.5 Å². The molecule has 0 aliphatic heterocycles. The van der Waals surface area contributed by atoms with Crippen LogP contribution in [0.1, 0.15) is 5.56 Å². The van der Waals surface area contributed by atoms with E-state index in [-0.39, 0.29) is 21.5 Å². The Morgan fingerprint density at radius 2 is 1.93 bits per heavy atom. The van der Waals surface area contributed by atoms with Crippen LogP contribution in [0.2, 0.25) is 5.02 Å². The van der Waals surface area contributed by atoms with E-state index >= 15 is 0 Å². The van der Waals surface area contributed by atoms with Crippen LogP contribution in [-0.2, 0) is 4.79 Å². The Morgan fingerprint density at radius 3 is 2.63 bits per heavy atom. The molecule has 27 heavy (non-hydrogen) atoms. The number of carbonyl (C=O) groups is 1. The number of nitrogens with one attached hydrogen (secondary N) is 1. The summed E-state index contributed by atoms with van der Waals surface area (Å²) >= 11 is 6.84. The second-order valence-electron chi connectivity index (χ2n) is 5.22. The predicted octanol–water partition coefficient (Wildman–Crippen LogP) is 4.42. The lowest BCUT2D eigenvalue weighted by Gasteiger charge is -1.98. The van der Waals surface area contributed by atoms with Crippen molar-refractivity contribution in [3.05, 3.63) is 73.3 Å². The van der Waals surface area contributed by atoms with Gasteiger partial charge in [0.2, 0.25) is 5.91 Å². The highest BCUT2D eigenvalue weighted by atomic mass is 35.5. The maximum absolute atomic E-state index is 12.0. The molecule has 2 aromatic carbocycles. The third-order valence-corrected chi connectivity index (χ3v) is 4.66. The van der Waals surface area contributed by atoms with E-state index in [9.17, 15) is 25.0 Å². The Kier molecular flexibility index (Phi) is 5.10. The van der Waals surface area contributed by atoms with E-state index in [0.29, 0.717) is 15.8 Å². The molecule has 1 N–H and O–H groups in total. The Labute approximate surface area is 160 Å². The molecule has 3 rings (SSSR count). The van der Waals surface area contributed by atoms with Crippen molar-refractivity contribution in [3.63, 3.8) is 0 Å². The molecule has 1 aromatic heterocycles. The summed E-state index contributed by atoms with van der Waals surface area (Å²) in [6.07, 6.45) is 2.60. The number of carbonyl (C=O) groups excluding carboxylic acids is 1. The average Bonchev–Trinajstić information content (AvgIpc) is 3.01. The van der Waals surface area contributed by atoms with E-state index < -0.39 is 15.8 Å². The zero-order valence-electron chi connectivity index (χ0n) is 13.3. The van der Waals surface area contributed by atoms with Gasteiger partial charge in [-0.05, 0) is 23.8 Å². The van der Waals surface area contributed by atoms with Crippen molar-refractivity contribution in [2.75, 3.05) is 5.32 Å². The smallest absolute Gasteiger partial charge is 0.288 e. The molecule has 0 fully saturated rings. The van der Waals surface area contributed by atoms with E-state index in [1.165, 1.54) is 48.6 Å².